The van der Waals surface area contributed by atoms with Crippen molar-refractivity contribution in [2.24, 2.45) is 0 Å². The molecule has 0 saturated heterocycles. The highest BCUT2D eigenvalue weighted by Crippen LogP contribution is 2.37. The van der Waals surface area contributed by atoms with Gasteiger partial charge in [-0.25, -0.2) is 4.98 Å². The maximum Gasteiger partial charge on any atom is 0.228 e. The fourth-order valence-electron chi connectivity index (χ4n) is 3.47. The van der Waals surface area contributed by atoms with E-state index < -0.39 is 17.1 Å². The molecule has 3 aromatic carbocycles. The van der Waals surface area contributed by atoms with Crippen LogP contribution in [0.2, 0.25) is 5.02 Å². The number of pyridine rings is 1. The van der Waals surface area contributed by atoms with Crippen LogP contribution >= 0.6 is 11.6 Å². The van der Waals surface area contributed by atoms with E-state index in [1.807, 2.05) is 31.2 Å². The molecule has 1 amide bonds. The van der Waals surface area contributed by atoms with Crippen molar-refractivity contribution in [2.75, 3.05) is 11.1 Å². The Labute approximate surface area is 211 Å². The molecule has 0 aliphatic heterocycles. The van der Waals surface area contributed by atoms with Gasteiger partial charge < -0.3 is 10.1 Å². The molecule has 1 heterocycles. The van der Waals surface area contributed by atoms with Gasteiger partial charge >= 0.3 is 0 Å². The topological polar surface area (TPSA) is 71.5 Å². The van der Waals surface area contributed by atoms with Crippen molar-refractivity contribution < 1.29 is 18.5 Å². The summed E-state index contributed by atoms with van der Waals surface area (Å²) >= 11 is 5.30. The first kappa shape index (κ1) is 24.7. The number of nitrogens with zero attached hydrogens (tertiary/aromatic N) is 1. The molecular weight excluding hydrogens is 487 g/mol. The van der Waals surface area contributed by atoms with E-state index in [1.54, 1.807) is 54.6 Å². The van der Waals surface area contributed by atoms with Gasteiger partial charge in [-0.05, 0) is 67.1 Å². The standard InChI is InChI=1S/C27H22ClFN2O3S/c1-2-35(33)22-11-8-18(9-12-22)15-26(32)31-20-10-13-23(24-7-4-14-30-27(24)29)25(17-20)34-21-6-3-5-19(28)16-21/h3-14,16-17,33H,2,15H2,1H3/p+1. The second-order valence-corrected chi connectivity index (χ2v) is 9.85. The van der Waals surface area contributed by atoms with Crippen LogP contribution in [0.4, 0.5) is 10.1 Å². The predicted molar refractivity (Wildman–Crippen MR) is 139 cm³/mol. The molecule has 178 valence electrons. The summed E-state index contributed by atoms with van der Waals surface area (Å²) in [6.45, 7) is 1.92. The van der Waals surface area contributed by atoms with Gasteiger partial charge in [0.25, 0.3) is 0 Å². The summed E-state index contributed by atoms with van der Waals surface area (Å²) in [5, 5.41) is 3.37. The number of carbonyl (C=O) groups is 1. The molecule has 1 aromatic heterocycles. The summed E-state index contributed by atoms with van der Waals surface area (Å²) in [7, 11) is 0. The Morgan fingerprint density at radius 3 is 2.57 bits per heavy atom. The number of carbonyl (C=O) groups excluding carboxylic acids is 1. The largest absolute Gasteiger partial charge is 0.457 e. The number of ether oxygens (including phenoxy) is 1. The Morgan fingerprint density at radius 2 is 1.86 bits per heavy atom. The van der Waals surface area contributed by atoms with Gasteiger partial charge in [-0.2, -0.15) is 8.94 Å². The van der Waals surface area contributed by atoms with Crippen LogP contribution in [-0.4, -0.2) is 21.2 Å². The maximum atomic E-state index is 14.4. The molecule has 0 spiro atoms. The number of anilines is 1. The highest BCUT2D eigenvalue weighted by molar-refractivity contribution is 7.91. The van der Waals surface area contributed by atoms with Gasteiger partial charge in [-0.3, -0.25) is 4.79 Å². The SMILES string of the molecule is CC[S+](O)c1ccc(CC(=O)Nc2ccc(-c3cccnc3F)c(Oc3cccc(Cl)c3)c2)cc1. The summed E-state index contributed by atoms with van der Waals surface area (Å²) in [6, 6.07) is 22.5. The minimum atomic E-state index is -0.788. The van der Waals surface area contributed by atoms with Gasteiger partial charge in [0.15, 0.2) is 16.1 Å². The van der Waals surface area contributed by atoms with Gasteiger partial charge in [0.1, 0.15) is 17.3 Å². The number of amides is 1. The van der Waals surface area contributed by atoms with Crippen LogP contribution in [-0.2, 0) is 22.4 Å². The van der Waals surface area contributed by atoms with E-state index in [-0.39, 0.29) is 17.9 Å². The molecule has 0 fully saturated rings. The summed E-state index contributed by atoms with van der Waals surface area (Å²) in [4.78, 5) is 17.3. The summed E-state index contributed by atoms with van der Waals surface area (Å²) in [5.74, 6) is 0.624. The van der Waals surface area contributed by atoms with Crippen molar-refractivity contribution >= 4 is 34.4 Å². The van der Waals surface area contributed by atoms with Crippen molar-refractivity contribution in [3.8, 4) is 22.6 Å². The van der Waals surface area contributed by atoms with E-state index in [9.17, 15) is 13.7 Å². The van der Waals surface area contributed by atoms with E-state index >= 15 is 0 Å². The van der Waals surface area contributed by atoms with Crippen molar-refractivity contribution in [2.45, 2.75) is 18.2 Å². The van der Waals surface area contributed by atoms with Crippen molar-refractivity contribution in [3.63, 3.8) is 0 Å². The molecule has 0 aliphatic rings. The van der Waals surface area contributed by atoms with E-state index in [1.165, 1.54) is 6.20 Å². The average molecular weight is 510 g/mol. The summed E-state index contributed by atoms with van der Waals surface area (Å²) in [5.41, 5.74) is 2.08. The van der Waals surface area contributed by atoms with Gasteiger partial charge in [0.2, 0.25) is 11.9 Å². The third-order valence-electron chi connectivity index (χ3n) is 5.17. The maximum absolute atomic E-state index is 14.4. The zero-order valence-corrected chi connectivity index (χ0v) is 20.4. The molecule has 1 atom stereocenters. The van der Waals surface area contributed by atoms with Crippen molar-refractivity contribution in [1.82, 2.24) is 4.98 Å². The lowest BCUT2D eigenvalue weighted by molar-refractivity contribution is -0.115. The smallest absolute Gasteiger partial charge is 0.228 e. The van der Waals surface area contributed by atoms with Crippen LogP contribution in [0, 0.1) is 5.95 Å². The lowest BCUT2D eigenvalue weighted by Gasteiger charge is -2.14. The molecule has 0 radical (unpaired) electrons. The minimum absolute atomic E-state index is 0.162. The van der Waals surface area contributed by atoms with Gasteiger partial charge in [0, 0.05) is 34.1 Å². The van der Waals surface area contributed by atoms with Crippen LogP contribution in [0.3, 0.4) is 0 Å². The first-order valence-electron chi connectivity index (χ1n) is 10.9. The molecule has 35 heavy (non-hydrogen) atoms. The summed E-state index contributed by atoms with van der Waals surface area (Å²) < 4.78 is 30.4. The van der Waals surface area contributed by atoms with Crippen LogP contribution in [0.15, 0.2) is 90.0 Å². The number of aromatic nitrogens is 1. The van der Waals surface area contributed by atoms with E-state index in [2.05, 4.69) is 10.3 Å². The molecule has 0 aliphatic carbocycles. The number of halogens is 2. The Morgan fingerprint density at radius 1 is 1.06 bits per heavy atom. The molecule has 0 bridgehead atoms. The number of nitrogens with one attached hydrogen (secondary N) is 1. The highest BCUT2D eigenvalue weighted by Gasteiger charge is 2.17. The van der Waals surface area contributed by atoms with Crippen LogP contribution in [0.1, 0.15) is 12.5 Å². The molecule has 8 heteroatoms. The molecular formula is C27H23ClFN2O3S+. The average Bonchev–Trinajstić information content (AvgIpc) is 2.85. The zero-order valence-electron chi connectivity index (χ0n) is 18.9. The molecule has 0 saturated carbocycles. The Bertz CT molecular complexity index is 1330. The fourth-order valence-corrected chi connectivity index (χ4v) is 4.44. The highest BCUT2D eigenvalue weighted by atomic mass is 35.5. The van der Waals surface area contributed by atoms with E-state index in [0.29, 0.717) is 33.5 Å². The zero-order chi connectivity index (χ0) is 24.8. The van der Waals surface area contributed by atoms with Crippen molar-refractivity contribution in [1.29, 1.82) is 0 Å². The molecule has 4 rings (SSSR count). The van der Waals surface area contributed by atoms with Gasteiger partial charge in [0.05, 0.1) is 6.42 Å². The molecule has 4 aromatic rings. The predicted octanol–water partition coefficient (Wildman–Crippen LogP) is 6.98. The Kier molecular flexibility index (Phi) is 8.02. The fraction of sp³-hybridized carbons (Fsp3) is 0.111. The van der Waals surface area contributed by atoms with Crippen LogP contribution < -0.4 is 10.1 Å². The third kappa shape index (κ3) is 6.39. The van der Waals surface area contributed by atoms with Crippen molar-refractivity contribution in [3.05, 3.63) is 102 Å². The Hall–Kier alpha value is -3.39. The lowest BCUT2D eigenvalue weighted by atomic mass is 10.1. The minimum Gasteiger partial charge on any atom is -0.457 e. The molecule has 5 nitrogen and oxygen atoms in total. The first-order valence-corrected chi connectivity index (χ1v) is 12.6. The van der Waals surface area contributed by atoms with E-state index in [4.69, 9.17) is 16.3 Å². The molecule has 1 unspecified atom stereocenters. The molecule has 2 N–H and O–H groups in total. The normalized spacial score (nSPS) is 11.7. The lowest BCUT2D eigenvalue weighted by Crippen LogP contribution is -2.14. The van der Waals surface area contributed by atoms with Gasteiger partial charge in [-0.15, -0.1) is 0 Å². The summed E-state index contributed by atoms with van der Waals surface area (Å²) in [6.07, 6.45) is 1.54. The van der Waals surface area contributed by atoms with Crippen LogP contribution in [0.5, 0.6) is 11.5 Å². The van der Waals surface area contributed by atoms with E-state index in [0.717, 1.165) is 10.5 Å². The number of hydrogen-bond donors (Lipinski definition) is 2. The monoisotopic (exact) mass is 509 g/mol. The second-order valence-electron chi connectivity index (χ2n) is 7.63. The number of hydrogen-bond acceptors (Lipinski definition) is 4. The Balaban J connectivity index is 1.57. The second kappa shape index (κ2) is 11.4. The van der Waals surface area contributed by atoms with Crippen LogP contribution in [0.25, 0.3) is 11.1 Å². The first-order chi connectivity index (χ1) is 16.9. The number of benzene rings is 3. The third-order valence-corrected chi connectivity index (χ3v) is 6.77. The number of rotatable bonds is 8. The van der Waals surface area contributed by atoms with Gasteiger partial charge in [-0.1, -0.05) is 29.8 Å². The quantitative estimate of drug-likeness (QED) is 0.198.